The second-order valence-electron chi connectivity index (χ2n) is 3.47. The van der Waals surface area contributed by atoms with Crippen LogP contribution >= 0.6 is 11.8 Å². The number of thioether (sulfide) groups is 1. The lowest BCUT2D eigenvalue weighted by Crippen LogP contribution is -2.32. The summed E-state index contributed by atoms with van der Waals surface area (Å²) in [4.78, 5) is 7.86. The zero-order chi connectivity index (χ0) is 9.31. The molecule has 0 amide bonds. The van der Waals surface area contributed by atoms with Gasteiger partial charge in [0.05, 0.1) is 0 Å². The van der Waals surface area contributed by atoms with Crippen molar-refractivity contribution in [3.8, 4) is 0 Å². The van der Waals surface area contributed by atoms with Gasteiger partial charge in [0, 0.05) is 23.7 Å². The molecule has 2 unspecified atom stereocenters. The Bertz CT molecular complexity index is 293. The van der Waals surface area contributed by atoms with Crippen molar-refractivity contribution in [3.05, 3.63) is 24.3 Å². The molecule has 0 aliphatic carbocycles. The lowest BCUT2D eigenvalue weighted by Gasteiger charge is -2.26. The topological polar surface area (TPSA) is 46.0 Å². The van der Waals surface area contributed by atoms with Crippen molar-refractivity contribution in [2.75, 3.05) is 11.5 Å². The van der Waals surface area contributed by atoms with Crippen LogP contribution in [0.15, 0.2) is 18.7 Å². The Morgan fingerprint density at radius 1 is 1.54 bits per heavy atom. The minimum Gasteiger partial charge on any atom is -0.384 e. The third-order valence-corrected chi connectivity index (χ3v) is 3.95. The molecular formula is C9H12N2OS. The van der Waals surface area contributed by atoms with E-state index in [0.29, 0.717) is 0 Å². The molecule has 70 valence electrons. The SMILES string of the molecule is CC1CSCC1(O)c1cncnc1. The summed E-state index contributed by atoms with van der Waals surface area (Å²) in [6, 6.07) is 0. The van der Waals surface area contributed by atoms with Gasteiger partial charge in [-0.3, -0.25) is 0 Å². The van der Waals surface area contributed by atoms with Crippen molar-refractivity contribution in [2.24, 2.45) is 5.92 Å². The molecule has 4 heteroatoms. The standard InChI is InChI=1S/C9H12N2OS/c1-7-4-13-5-9(7,12)8-2-10-6-11-3-8/h2-3,6-7,12H,4-5H2,1H3. The molecule has 0 spiro atoms. The molecule has 0 aromatic carbocycles. The molecule has 3 nitrogen and oxygen atoms in total. The maximum Gasteiger partial charge on any atom is 0.115 e. The van der Waals surface area contributed by atoms with Crippen molar-refractivity contribution < 1.29 is 5.11 Å². The first kappa shape index (κ1) is 8.97. The molecule has 13 heavy (non-hydrogen) atoms. The van der Waals surface area contributed by atoms with Crippen LogP contribution in [0.5, 0.6) is 0 Å². The average Bonchev–Trinajstić information content (AvgIpc) is 2.50. The fourth-order valence-corrected chi connectivity index (χ4v) is 3.07. The van der Waals surface area contributed by atoms with Gasteiger partial charge >= 0.3 is 0 Å². The summed E-state index contributed by atoms with van der Waals surface area (Å²) in [5.41, 5.74) is 0.124. The first-order valence-corrected chi connectivity index (χ1v) is 5.44. The van der Waals surface area contributed by atoms with Crippen LogP contribution in [0.3, 0.4) is 0 Å². The molecule has 2 rings (SSSR count). The molecule has 1 aliphatic heterocycles. The predicted molar refractivity (Wildman–Crippen MR) is 52.4 cm³/mol. The van der Waals surface area contributed by atoms with Gasteiger partial charge in [-0.05, 0) is 11.7 Å². The molecule has 0 radical (unpaired) electrons. The third kappa shape index (κ3) is 1.44. The molecule has 1 fully saturated rings. The number of aromatic nitrogens is 2. The maximum absolute atomic E-state index is 10.3. The number of hydrogen-bond donors (Lipinski definition) is 1. The second-order valence-corrected chi connectivity index (χ2v) is 4.50. The Labute approximate surface area is 81.6 Å². The maximum atomic E-state index is 10.3. The molecule has 0 bridgehead atoms. The quantitative estimate of drug-likeness (QED) is 0.729. The summed E-state index contributed by atoms with van der Waals surface area (Å²) in [7, 11) is 0. The molecule has 2 atom stereocenters. The van der Waals surface area contributed by atoms with Crippen LogP contribution in [0, 0.1) is 5.92 Å². The Balaban J connectivity index is 2.34. The van der Waals surface area contributed by atoms with Crippen molar-refractivity contribution in [3.63, 3.8) is 0 Å². The third-order valence-electron chi connectivity index (χ3n) is 2.57. The van der Waals surface area contributed by atoms with Gasteiger partial charge in [0.15, 0.2) is 0 Å². The fourth-order valence-electron chi connectivity index (χ4n) is 1.56. The van der Waals surface area contributed by atoms with Crippen LogP contribution in [-0.2, 0) is 5.60 Å². The summed E-state index contributed by atoms with van der Waals surface area (Å²) >= 11 is 1.78. The van der Waals surface area contributed by atoms with Gasteiger partial charge in [-0.2, -0.15) is 11.8 Å². The van der Waals surface area contributed by atoms with Crippen molar-refractivity contribution in [2.45, 2.75) is 12.5 Å². The summed E-state index contributed by atoms with van der Waals surface area (Å²) in [5.74, 6) is 2.04. The minimum absolute atomic E-state index is 0.281. The Morgan fingerprint density at radius 2 is 2.23 bits per heavy atom. The van der Waals surface area contributed by atoms with E-state index in [9.17, 15) is 5.11 Å². The van der Waals surface area contributed by atoms with E-state index in [1.807, 2.05) is 0 Å². The second kappa shape index (κ2) is 3.27. The normalized spacial score (nSPS) is 33.5. The van der Waals surface area contributed by atoms with Gasteiger partial charge in [-0.15, -0.1) is 0 Å². The first-order chi connectivity index (χ1) is 6.23. The highest BCUT2D eigenvalue weighted by Crippen LogP contribution is 2.40. The Morgan fingerprint density at radius 3 is 2.77 bits per heavy atom. The summed E-state index contributed by atoms with van der Waals surface area (Å²) in [5, 5.41) is 10.3. The average molecular weight is 196 g/mol. The molecule has 0 saturated carbocycles. The lowest BCUT2D eigenvalue weighted by atomic mass is 9.87. The first-order valence-electron chi connectivity index (χ1n) is 4.29. The number of hydrogen-bond acceptors (Lipinski definition) is 4. The van der Waals surface area contributed by atoms with E-state index in [4.69, 9.17) is 0 Å². The molecule has 1 aromatic heterocycles. The van der Waals surface area contributed by atoms with Crippen LogP contribution in [0.25, 0.3) is 0 Å². The van der Waals surface area contributed by atoms with E-state index >= 15 is 0 Å². The minimum atomic E-state index is -0.716. The largest absolute Gasteiger partial charge is 0.384 e. The van der Waals surface area contributed by atoms with Crippen LogP contribution in [0.2, 0.25) is 0 Å². The molecule has 2 heterocycles. The summed E-state index contributed by atoms with van der Waals surface area (Å²) in [6.45, 7) is 2.06. The molecular weight excluding hydrogens is 184 g/mol. The fraction of sp³-hybridized carbons (Fsp3) is 0.556. The van der Waals surface area contributed by atoms with Gasteiger partial charge in [0.2, 0.25) is 0 Å². The highest BCUT2D eigenvalue weighted by Gasteiger charge is 2.40. The van der Waals surface area contributed by atoms with E-state index in [1.165, 1.54) is 6.33 Å². The van der Waals surface area contributed by atoms with Crippen LogP contribution in [0.4, 0.5) is 0 Å². The van der Waals surface area contributed by atoms with Gasteiger partial charge in [0.25, 0.3) is 0 Å². The summed E-state index contributed by atoms with van der Waals surface area (Å²) < 4.78 is 0. The van der Waals surface area contributed by atoms with E-state index in [0.717, 1.165) is 17.1 Å². The van der Waals surface area contributed by atoms with Crippen LogP contribution < -0.4 is 0 Å². The highest BCUT2D eigenvalue weighted by molar-refractivity contribution is 7.99. The van der Waals surface area contributed by atoms with E-state index in [2.05, 4.69) is 16.9 Å². The molecule has 1 saturated heterocycles. The summed E-state index contributed by atoms with van der Waals surface area (Å²) in [6.07, 6.45) is 4.89. The van der Waals surface area contributed by atoms with E-state index in [1.54, 1.807) is 24.2 Å². The number of aliphatic hydroxyl groups is 1. The van der Waals surface area contributed by atoms with Crippen molar-refractivity contribution >= 4 is 11.8 Å². The highest BCUT2D eigenvalue weighted by atomic mass is 32.2. The monoisotopic (exact) mass is 196 g/mol. The van der Waals surface area contributed by atoms with E-state index in [-0.39, 0.29) is 5.92 Å². The Hall–Kier alpha value is -0.610. The zero-order valence-corrected chi connectivity index (χ0v) is 8.29. The Kier molecular flexibility index (Phi) is 2.26. The van der Waals surface area contributed by atoms with Crippen molar-refractivity contribution in [1.29, 1.82) is 0 Å². The molecule has 1 aromatic rings. The zero-order valence-electron chi connectivity index (χ0n) is 7.47. The van der Waals surface area contributed by atoms with Gasteiger partial charge in [0.1, 0.15) is 11.9 Å². The van der Waals surface area contributed by atoms with Gasteiger partial charge < -0.3 is 5.11 Å². The van der Waals surface area contributed by atoms with Gasteiger partial charge in [-0.25, -0.2) is 9.97 Å². The smallest absolute Gasteiger partial charge is 0.115 e. The van der Waals surface area contributed by atoms with E-state index < -0.39 is 5.60 Å². The molecule has 1 N–H and O–H groups in total. The number of nitrogens with zero attached hydrogens (tertiary/aromatic N) is 2. The van der Waals surface area contributed by atoms with Crippen LogP contribution in [-0.4, -0.2) is 26.6 Å². The van der Waals surface area contributed by atoms with Crippen LogP contribution in [0.1, 0.15) is 12.5 Å². The lowest BCUT2D eigenvalue weighted by molar-refractivity contribution is 0.0228. The van der Waals surface area contributed by atoms with Crippen molar-refractivity contribution in [1.82, 2.24) is 9.97 Å². The van der Waals surface area contributed by atoms with Gasteiger partial charge in [-0.1, -0.05) is 6.92 Å². The predicted octanol–water partition coefficient (Wildman–Crippen LogP) is 1.05. The number of rotatable bonds is 1. The molecule has 1 aliphatic rings.